The van der Waals surface area contributed by atoms with Gasteiger partial charge in [0.15, 0.2) is 0 Å². The standard InChI is InChI=1S/C13H10BrNO3/c14-11-4-2-1-3-9(11)8-18-12-5-6-15-7-10(12)13(16)17/h1-7H,8H2,(H,16,17). The molecule has 0 saturated carbocycles. The SMILES string of the molecule is O=C(O)c1cnccc1OCc1ccccc1Br. The number of halogens is 1. The number of carboxylic acid groups (broad SMARTS) is 1. The molecular formula is C13H10BrNO3. The first kappa shape index (κ1) is 12.6. The lowest BCUT2D eigenvalue weighted by atomic mass is 10.2. The van der Waals surface area contributed by atoms with Gasteiger partial charge in [0.05, 0.1) is 0 Å². The summed E-state index contributed by atoms with van der Waals surface area (Å²) in [7, 11) is 0. The molecule has 92 valence electrons. The minimum atomic E-state index is -1.05. The van der Waals surface area contributed by atoms with Crippen LogP contribution in [0.2, 0.25) is 0 Å². The van der Waals surface area contributed by atoms with E-state index in [1.165, 1.54) is 12.4 Å². The number of rotatable bonds is 4. The molecule has 18 heavy (non-hydrogen) atoms. The van der Waals surface area contributed by atoms with E-state index in [0.717, 1.165) is 10.0 Å². The number of hydrogen-bond acceptors (Lipinski definition) is 3. The number of carboxylic acids is 1. The Bertz CT molecular complexity index is 572. The Hall–Kier alpha value is -1.88. The van der Waals surface area contributed by atoms with Crippen LogP contribution in [-0.2, 0) is 6.61 Å². The highest BCUT2D eigenvalue weighted by atomic mass is 79.9. The summed E-state index contributed by atoms with van der Waals surface area (Å²) in [5.41, 5.74) is 1.01. The second-order valence-corrected chi connectivity index (χ2v) is 4.41. The Labute approximate surface area is 112 Å². The van der Waals surface area contributed by atoms with Crippen molar-refractivity contribution < 1.29 is 14.6 Å². The number of aromatic nitrogens is 1. The van der Waals surface area contributed by atoms with Crippen LogP contribution in [-0.4, -0.2) is 16.1 Å². The number of ether oxygens (including phenoxy) is 1. The number of pyridine rings is 1. The molecule has 1 aromatic heterocycles. The monoisotopic (exact) mass is 307 g/mol. The quantitative estimate of drug-likeness (QED) is 0.943. The van der Waals surface area contributed by atoms with E-state index in [0.29, 0.717) is 12.4 Å². The number of hydrogen-bond donors (Lipinski definition) is 1. The highest BCUT2D eigenvalue weighted by Crippen LogP contribution is 2.21. The van der Waals surface area contributed by atoms with Crippen LogP contribution in [0, 0.1) is 0 Å². The van der Waals surface area contributed by atoms with Crippen LogP contribution in [0.4, 0.5) is 0 Å². The molecule has 2 aromatic rings. The average Bonchev–Trinajstić information content (AvgIpc) is 2.38. The maximum Gasteiger partial charge on any atom is 0.341 e. The maximum atomic E-state index is 11.0. The van der Waals surface area contributed by atoms with Gasteiger partial charge in [0, 0.05) is 22.4 Å². The number of benzene rings is 1. The third-order valence-corrected chi connectivity index (χ3v) is 3.13. The van der Waals surface area contributed by atoms with Gasteiger partial charge in [-0.05, 0) is 12.1 Å². The first-order chi connectivity index (χ1) is 8.68. The molecule has 0 atom stereocenters. The number of carbonyl (C=O) groups is 1. The zero-order valence-corrected chi connectivity index (χ0v) is 10.9. The minimum absolute atomic E-state index is 0.0598. The fourth-order valence-corrected chi connectivity index (χ4v) is 1.84. The van der Waals surface area contributed by atoms with Gasteiger partial charge in [-0.3, -0.25) is 4.98 Å². The smallest absolute Gasteiger partial charge is 0.341 e. The molecule has 0 aliphatic heterocycles. The largest absolute Gasteiger partial charge is 0.488 e. The topological polar surface area (TPSA) is 59.4 Å². The lowest BCUT2D eigenvalue weighted by molar-refractivity contribution is 0.0691. The van der Waals surface area contributed by atoms with Crippen LogP contribution in [0.25, 0.3) is 0 Å². The Morgan fingerprint density at radius 2 is 2.11 bits per heavy atom. The normalized spacial score (nSPS) is 10.1. The minimum Gasteiger partial charge on any atom is -0.488 e. The zero-order valence-electron chi connectivity index (χ0n) is 9.34. The van der Waals surface area contributed by atoms with Gasteiger partial charge >= 0.3 is 5.97 Å². The third kappa shape index (κ3) is 2.87. The molecule has 1 N–H and O–H groups in total. The van der Waals surface area contributed by atoms with Gasteiger partial charge in [-0.2, -0.15) is 0 Å². The first-order valence-corrected chi connectivity index (χ1v) is 6.01. The van der Waals surface area contributed by atoms with Gasteiger partial charge in [0.25, 0.3) is 0 Å². The lowest BCUT2D eigenvalue weighted by Gasteiger charge is -2.09. The van der Waals surface area contributed by atoms with Gasteiger partial charge in [-0.25, -0.2) is 4.79 Å². The molecule has 0 amide bonds. The van der Waals surface area contributed by atoms with Crippen LogP contribution >= 0.6 is 15.9 Å². The van der Waals surface area contributed by atoms with Crippen LogP contribution in [0.15, 0.2) is 47.2 Å². The van der Waals surface area contributed by atoms with E-state index in [1.807, 2.05) is 24.3 Å². The predicted octanol–water partition coefficient (Wildman–Crippen LogP) is 3.12. The van der Waals surface area contributed by atoms with Crippen molar-refractivity contribution in [2.45, 2.75) is 6.61 Å². The summed E-state index contributed by atoms with van der Waals surface area (Å²) in [5.74, 6) is -0.738. The van der Waals surface area contributed by atoms with Gasteiger partial charge in [-0.15, -0.1) is 0 Å². The van der Waals surface area contributed by atoms with Gasteiger partial charge in [0.1, 0.15) is 17.9 Å². The third-order valence-electron chi connectivity index (χ3n) is 2.35. The summed E-state index contributed by atoms with van der Waals surface area (Å²) in [6.45, 7) is 0.297. The van der Waals surface area contributed by atoms with Gasteiger partial charge in [0.2, 0.25) is 0 Å². The van der Waals surface area contributed by atoms with Crippen molar-refractivity contribution in [3.8, 4) is 5.75 Å². The second kappa shape index (κ2) is 5.64. The highest BCUT2D eigenvalue weighted by molar-refractivity contribution is 9.10. The van der Waals surface area contributed by atoms with E-state index in [2.05, 4.69) is 20.9 Å². The van der Waals surface area contributed by atoms with Crippen LogP contribution in [0.5, 0.6) is 5.75 Å². The molecule has 1 heterocycles. The molecule has 0 unspecified atom stereocenters. The zero-order chi connectivity index (χ0) is 13.0. The molecule has 0 saturated heterocycles. The van der Waals surface area contributed by atoms with E-state index in [4.69, 9.17) is 9.84 Å². The van der Waals surface area contributed by atoms with Crippen LogP contribution in [0.3, 0.4) is 0 Å². The Morgan fingerprint density at radius 1 is 1.33 bits per heavy atom. The average molecular weight is 308 g/mol. The summed E-state index contributed by atoms with van der Waals surface area (Å²) in [6, 6.07) is 9.16. The summed E-state index contributed by atoms with van der Waals surface area (Å²) < 4.78 is 6.44. The summed E-state index contributed by atoms with van der Waals surface area (Å²) in [4.78, 5) is 14.7. The van der Waals surface area contributed by atoms with E-state index in [1.54, 1.807) is 6.07 Å². The van der Waals surface area contributed by atoms with Crippen molar-refractivity contribution in [3.05, 3.63) is 58.3 Å². The molecule has 0 bridgehead atoms. The Kier molecular flexibility index (Phi) is 3.94. The summed E-state index contributed by atoms with van der Waals surface area (Å²) >= 11 is 3.41. The molecule has 4 nitrogen and oxygen atoms in total. The molecule has 5 heteroatoms. The van der Waals surface area contributed by atoms with E-state index in [-0.39, 0.29) is 5.56 Å². The Morgan fingerprint density at radius 3 is 2.83 bits per heavy atom. The molecule has 0 radical (unpaired) electrons. The Balaban J connectivity index is 2.16. The number of aromatic carboxylic acids is 1. The molecule has 0 fully saturated rings. The molecule has 2 rings (SSSR count). The van der Waals surface area contributed by atoms with Crippen molar-refractivity contribution in [1.29, 1.82) is 0 Å². The highest BCUT2D eigenvalue weighted by Gasteiger charge is 2.11. The summed E-state index contributed by atoms with van der Waals surface area (Å²) in [6.07, 6.45) is 2.78. The van der Waals surface area contributed by atoms with E-state index >= 15 is 0 Å². The van der Waals surface area contributed by atoms with Crippen LogP contribution < -0.4 is 4.74 Å². The fraction of sp³-hybridized carbons (Fsp3) is 0.0769. The molecule has 0 aliphatic carbocycles. The molecule has 0 spiro atoms. The van der Waals surface area contributed by atoms with Gasteiger partial charge in [-0.1, -0.05) is 34.1 Å². The maximum absolute atomic E-state index is 11.0. The van der Waals surface area contributed by atoms with Crippen LogP contribution in [0.1, 0.15) is 15.9 Å². The molecular weight excluding hydrogens is 298 g/mol. The van der Waals surface area contributed by atoms with Crippen molar-refractivity contribution in [2.75, 3.05) is 0 Å². The predicted molar refractivity (Wildman–Crippen MR) is 69.7 cm³/mol. The van der Waals surface area contributed by atoms with Gasteiger partial charge < -0.3 is 9.84 Å². The summed E-state index contributed by atoms with van der Waals surface area (Å²) in [5, 5.41) is 8.99. The second-order valence-electron chi connectivity index (χ2n) is 3.56. The van der Waals surface area contributed by atoms with E-state index in [9.17, 15) is 4.79 Å². The molecule has 0 aliphatic rings. The fourth-order valence-electron chi connectivity index (χ4n) is 1.44. The number of nitrogens with zero attached hydrogens (tertiary/aromatic N) is 1. The van der Waals surface area contributed by atoms with Crippen molar-refractivity contribution in [3.63, 3.8) is 0 Å². The molecule has 1 aromatic carbocycles. The van der Waals surface area contributed by atoms with Crippen molar-refractivity contribution in [2.24, 2.45) is 0 Å². The van der Waals surface area contributed by atoms with E-state index < -0.39 is 5.97 Å². The van der Waals surface area contributed by atoms with Crippen molar-refractivity contribution in [1.82, 2.24) is 4.98 Å². The van der Waals surface area contributed by atoms with Crippen molar-refractivity contribution >= 4 is 21.9 Å². The first-order valence-electron chi connectivity index (χ1n) is 5.22. The lowest BCUT2D eigenvalue weighted by Crippen LogP contribution is -2.04.